The summed E-state index contributed by atoms with van der Waals surface area (Å²) in [4.78, 5) is 0. The molecule has 0 spiro atoms. The zero-order chi connectivity index (χ0) is 17.1. The van der Waals surface area contributed by atoms with Gasteiger partial charge in [-0.25, -0.2) is 17.8 Å². The SMILES string of the molecule is C1CCCC1.F[C-](F)C(F)(F)F.[B](n1cccn1)[n+]1ccc[nH]1.[Co]. The summed E-state index contributed by atoms with van der Waals surface area (Å²) in [6.45, 7) is 0. The molecule has 24 heavy (non-hydrogen) atoms. The standard InChI is InChI=1S/C6H7BN4.C5H10.C2F5.Co/c1-3-8-10(5-1)7-11-6-2-4-9-11;1-2-4-5-3-1;3-1(4)2(5,6)7;/h1-6,8H;1-5H2;;/q+1;;-1;. The van der Waals surface area contributed by atoms with Crippen LogP contribution in [-0.2, 0) is 16.8 Å². The molecule has 0 bridgehead atoms. The van der Waals surface area contributed by atoms with Crippen LogP contribution in [0.4, 0.5) is 22.0 Å². The molecule has 2 radical (unpaired) electrons. The Balaban J connectivity index is 0.000000354. The molecular formula is C13H17BCoF5N4. The van der Waals surface area contributed by atoms with Crippen molar-refractivity contribution in [3.8, 4) is 0 Å². The number of rotatable bonds is 2. The summed E-state index contributed by atoms with van der Waals surface area (Å²) in [6.07, 6.45) is 5.93. The van der Waals surface area contributed by atoms with Gasteiger partial charge in [0.05, 0.1) is 6.20 Å². The van der Waals surface area contributed by atoms with Gasteiger partial charge in [0.2, 0.25) is 0 Å². The maximum Gasteiger partial charge on any atom is 0.742 e. The van der Waals surface area contributed by atoms with E-state index in [2.05, 4.69) is 10.2 Å². The van der Waals surface area contributed by atoms with Crippen molar-refractivity contribution in [3.05, 3.63) is 43.3 Å². The van der Waals surface area contributed by atoms with Crippen molar-refractivity contribution in [2.45, 2.75) is 38.3 Å². The molecule has 0 amide bonds. The molecule has 1 aliphatic rings. The Morgan fingerprint density at radius 1 is 1.08 bits per heavy atom. The molecular weight excluding hydrogens is 377 g/mol. The molecule has 11 heteroatoms. The monoisotopic (exact) mass is 394 g/mol. The molecule has 0 unspecified atom stereocenters. The summed E-state index contributed by atoms with van der Waals surface area (Å²) in [5.74, 6) is 0. The molecule has 1 fully saturated rings. The van der Waals surface area contributed by atoms with E-state index in [4.69, 9.17) is 0 Å². The zero-order valence-corrected chi connectivity index (χ0v) is 13.7. The third-order valence-corrected chi connectivity index (χ3v) is 2.80. The van der Waals surface area contributed by atoms with E-state index in [1.165, 1.54) is 32.1 Å². The first kappa shape index (κ1) is 22.6. The molecule has 136 valence electrons. The molecule has 2 heterocycles. The summed E-state index contributed by atoms with van der Waals surface area (Å²) in [5, 5.41) is 6.99. The first-order valence-corrected chi connectivity index (χ1v) is 7.03. The Bertz CT molecular complexity index is 461. The number of hydrogen-bond donors (Lipinski definition) is 1. The quantitative estimate of drug-likeness (QED) is 0.474. The Morgan fingerprint density at radius 2 is 1.62 bits per heavy atom. The van der Waals surface area contributed by atoms with Crippen LogP contribution in [0.1, 0.15) is 32.1 Å². The van der Waals surface area contributed by atoms with Gasteiger partial charge in [-0.15, -0.1) is 0 Å². The van der Waals surface area contributed by atoms with Crippen LogP contribution in [0, 0.1) is 6.43 Å². The first-order chi connectivity index (χ1) is 10.9. The van der Waals surface area contributed by atoms with Crippen LogP contribution in [0.15, 0.2) is 36.9 Å². The van der Waals surface area contributed by atoms with Gasteiger partial charge < -0.3 is 8.78 Å². The van der Waals surface area contributed by atoms with Gasteiger partial charge in [0.1, 0.15) is 6.43 Å². The molecule has 3 rings (SSSR count). The predicted octanol–water partition coefficient (Wildman–Crippen LogP) is 3.35. The van der Waals surface area contributed by atoms with E-state index in [-0.39, 0.29) is 16.8 Å². The summed E-state index contributed by atoms with van der Waals surface area (Å²) in [7, 11) is 1.83. The van der Waals surface area contributed by atoms with Crippen LogP contribution in [0.2, 0.25) is 0 Å². The van der Waals surface area contributed by atoms with Crippen molar-refractivity contribution >= 4 is 7.55 Å². The molecule has 2 aromatic heterocycles. The van der Waals surface area contributed by atoms with Gasteiger partial charge in [-0.05, 0) is 6.07 Å². The summed E-state index contributed by atoms with van der Waals surface area (Å²) >= 11 is 0. The van der Waals surface area contributed by atoms with Crippen LogP contribution in [0.5, 0.6) is 0 Å². The fraction of sp³-hybridized carbons (Fsp3) is 0.462. The largest absolute Gasteiger partial charge is 0.742 e. The fourth-order valence-electron chi connectivity index (χ4n) is 1.74. The maximum atomic E-state index is 10.4. The topological polar surface area (TPSA) is 37.5 Å². The van der Waals surface area contributed by atoms with E-state index in [1.807, 2.05) is 42.9 Å². The number of nitrogens with one attached hydrogen (secondary N) is 1. The van der Waals surface area contributed by atoms with Crippen molar-refractivity contribution < 1.29 is 43.3 Å². The van der Waals surface area contributed by atoms with Gasteiger partial charge in [-0.1, -0.05) is 32.1 Å². The molecule has 0 aliphatic heterocycles. The average molecular weight is 394 g/mol. The van der Waals surface area contributed by atoms with Gasteiger partial charge >= 0.3 is 13.7 Å². The van der Waals surface area contributed by atoms with Gasteiger partial charge in [-0.2, -0.15) is 14.8 Å². The minimum atomic E-state index is -5.42. The van der Waals surface area contributed by atoms with Crippen molar-refractivity contribution in [2.75, 3.05) is 0 Å². The molecule has 0 atom stereocenters. The number of aromatic nitrogens is 4. The number of hydrogen-bond acceptors (Lipinski definition) is 1. The van der Waals surface area contributed by atoms with Crippen LogP contribution < -0.4 is 4.59 Å². The molecule has 0 saturated heterocycles. The molecule has 2 aromatic rings. The molecule has 1 aliphatic carbocycles. The van der Waals surface area contributed by atoms with Crippen LogP contribution in [0.25, 0.3) is 0 Å². The predicted molar refractivity (Wildman–Crippen MR) is 74.4 cm³/mol. The van der Waals surface area contributed by atoms with Gasteiger partial charge in [0.25, 0.3) is 0 Å². The minimum Gasteiger partial charge on any atom is -0.412 e. The number of alkyl halides is 3. The molecule has 1 saturated carbocycles. The van der Waals surface area contributed by atoms with Crippen LogP contribution in [0.3, 0.4) is 0 Å². The van der Waals surface area contributed by atoms with Crippen LogP contribution >= 0.6 is 0 Å². The number of halogens is 5. The minimum absolute atomic E-state index is 0. The first-order valence-electron chi connectivity index (χ1n) is 7.03. The summed E-state index contributed by atoms with van der Waals surface area (Å²) < 4.78 is 55.4. The maximum absolute atomic E-state index is 10.4. The summed E-state index contributed by atoms with van der Waals surface area (Å²) in [5.41, 5.74) is 0. The van der Waals surface area contributed by atoms with E-state index >= 15 is 0 Å². The Hall–Kier alpha value is -1.36. The smallest absolute Gasteiger partial charge is 0.412 e. The van der Waals surface area contributed by atoms with Gasteiger partial charge in [0, 0.05) is 35.2 Å². The zero-order valence-electron chi connectivity index (χ0n) is 12.6. The molecule has 1 N–H and O–H groups in total. The van der Waals surface area contributed by atoms with E-state index in [1.54, 1.807) is 10.8 Å². The number of H-pyrrole nitrogens is 1. The average Bonchev–Trinajstić information content (AvgIpc) is 3.25. The van der Waals surface area contributed by atoms with Crippen molar-refractivity contribution in [1.82, 2.24) is 14.8 Å². The fourth-order valence-corrected chi connectivity index (χ4v) is 1.74. The third-order valence-electron chi connectivity index (χ3n) is 2.80. The third kappa shape index (κ3) is 10.4. The van der Waals surface area contributed by atoms with Crippen LogP contribution in [-0.4, -0.2) is 28.5 Å². The molecule has 0 aromatic carbocycles. The van der Waals surface area contributed by atoms with Crippen molar-refractivity contribution in [3.63, 3.8) is 0 Å². The second-order valence-corrected chi connectivity index (χ2v) is 4.67. The number of nitrogens with zero attached hydrogens (tertiary/aromatic N) is 3. The molecule has 4 nitrogen and oxygen atoms in total. The second-order valence-electron chi connectivity index (χ2n) is 4.67. The Labute approximate surface area is 147 Å². The van der Waals surface area contributed by atoms with Gasteiger partial charge in [0.15, 0.2) is 6.20 Å². The van der Waals surface area contributed by atoms with Gasteiger partial charge in [-0.3, -0.25) is 0 Å². The van der Waals surface area contributed by atoms with E-state index in [0.29, 0.717) is 0 Å². The Morgan fingerprint density at radius 3 is 1.96 bits per heavy atom. The van der Waals surface area contributed by atoms with Crippen molar-refractivity contribution in [1.29, 1.82) is 0 Å². The van der Waals surface area contributed by atoms with E-state index < -0.39 is 12.6 Å². The van der Waals surface area contributed by atoms with Crippen molar-refractivity contribution in [2.24, 2.45) is 0 Å². The van der Waals surface area contributed by atoms with E-state index in [9.17, 15) is 22.0 Å². The Kier molecular flexibility index (Phi) is 11.4. The van der Waals surface area contributed by atoms with E-state index in [0.717, 1.165) is 0 Å². The normalized spacial score (nSPS) is 13.2. The summed E-state index contributed by atoms with van der Waals surface area (Å²) in [6, 6.07) is 3.79. The number of aromatic amines is 1. The second kappa shape index (κ2) is 12.1.